The molecule has 1 fully saturated rings. The van der Waals surface area contributed by atoms with Crippen LogP contribution in [0.15, 0.2) is 12.7 Å². The Morgan fingerprint density at radius 3 is 2.68 bits per heavy atom. The van der Waals surface area contributed by atoms with Gasteiger partial charge in [-0.05, 0) is 32.2 Å². The first-order valence-electron chi connectivity index (χ1n) is 6.92. The zero-order valence-corrected chi connectivity index (χ0v) is 11.6. The molecule has 0 aromatic rings. The summed E-state index contributed by atoms with van der Waals surface area (Å²) in [4.78, 5) is 24.2. The predicted molar refractivity (Wildman–Crippen MR) is 73.9 cm³/mol. The molecule has 1 aliphatic rings. The fourth-order valence-corrected chi connectivity index (χ4v) is 2.38. The molecular weight excluding hydrogens is 244 g/mol. The summed E-state index contributed by atoms with van der Waals surface area (Å²) < 4.78 is 0. The van der Waals surface area contributed by atoms with E-state index in [2.05, 4.69) is 11.9 Å². The van der Waals surface area contributed by atoms with E-state index in [9.17, 15) is 9.59 Å². The van der Waals surface area contributed by atoms with Crippen LogP contribution < -0.4 is 5.32 Å². The van der Waals surface area contributed by atoms with Crippen LogP contribution in [0.3, 0.4) is 0 Å². The third-order valence-corrected chi connectivity index (χ3v) is 3.55. The minimum Gasteiger partial charge on any atom is -0.480 e. The fraction of sp³-hybridized carbons (Fsp3) is 0.714. The average molecular weight is 268 g/mol. The van der Waals surface area contributed by atoms with Crippen LogP contribution in [0.25, 0.3) is 0 Å². The average Bonchev–Trinajstić information content (AvgIpc) is 2.31. The number of amides is 1. The Balaban J connectivity index is 2.19. The number of rotatable bonds is 9. The smallest absolute Gasteiger partial charge is 0.317 e. The van der Waals surface area contributed by atoms with Crippen molar-refractivity contribution in [3.63, 3.8) is 0 Å². The summed E-state index contributed by atoms with van der Waals surface area (Å²) in [7, 11) is 0. The third-order valence-electron chi connectivity index (χ3n) is 3.55. The molecule has 2 N–H and O–H groups in total. The quantitative estimate of drug-likeness (QED) is 0.490. The Bertz CT molecular complexity index is 325. The zero-order valence-electron chi connectivity index (χ0n) is 11.6. The number of unbranched alkanes of at least 4 members (excludes halogenated alkanes) is 1. The van der Waals surface area contributed by atoms with Crippen molar-refractivity contribution in [2.75, 3.05) is 13.1 Å². The topological polar surface area (TPSA) is 69.6 Å². The highest BCUT2D eigenvalue weighted by atomic mass is 16.4. The lowest BCUT2D eigenvalue weighted by atomic mass is 9.85. The molecule has 108 valence electrons. The van der Waals surface area contributed by atoms with E-state index in [0.717, 1.165) is 32.2 Å². The first kappa shape index (κ1) is 15.7. The van der Waals surface area contributed by atoms with Gasteiger partial charge in [0.1, 0.15) is 0 Å². The molecule has 1 amide bonds. The third kappa shape index (κ3) is 5.42. The monoisotopic (exact) mass is 268 g/mol. The number of allylic oxidation sites excluding steroid dienone is 1. The highest BCUT2D eigenvalue weighted by Crippen LogP contribution is 2.25. The van der Waals surface area contributed by atoms with Gasteiger partial charge in [0, 0.05) is 18.5 Å². The molecule has 0 radical (unpaired) electrons. The fourth-order valence-electron chi connectivity index (χ4n) is 2.38. The van der Waals surface area contributed by atoms with Gasteiger partial charge in [-0.3, -0.25) is 14.5 Å². The van der Waals surface area contributed by atoms with E-state index in [1.54, 1.807) is 0 Å². The van der Waals surface area contributed by atoms with Gasteiger partial charge in [-0.2, -0.15) is 0 Å². The summed E-state index contributed by atoms with van der Waals surface area (Å²) in [5, 5.41) is 11.8. The van der Waals surface area contributed by atoms with Crippen LogP contribution in [0.4, 0.5) is 0 Å². The van der Waals surface area contributed by atoms with E-state index < -0.39 is 5.97 Å². The number of nitrogens with one attached hydrogen (secondary N) is 1. The summed E-state index contributed by atoms with van der Waals surface area (Å²) in [5.74, 6) is -0.703. The maximum Gasteiger partial charge on any atom is 0.317 e. The molecule has 0 spiro atoms. The predicted octanol–water partition coefficient (Wildman–Crippen LogP) is 1.40. The summed E-state index contributed by atoms with van der Waals surface area (Å²) >= 11 is 0. The molecule has 0 aromatic heterocycles. The number of nitrogens with zero attached hydrogens (tertiary/aromatic N) is 1. The van der Waals surface area contributed by atoms with Gasteiger partial charge in [0.15, 0.2) is 0 Å². The molecule has 0 bridgehead atoms. The summed E-state index contributed by atoms with van der Waals surface area (Å²) in [6, 6.07) is 0.503. The number of carbonyl (C=O) groups is 2. The molecule has 1 saturated carbocycles. The normalized spacial score (nSPS) is 21.8. The maximum absolute atomic E-state index is 11.6. The van der Waals surface area contributed by atoms with E-state index in [1.165, 1.54) is 0 Å². The van der Waals surface area contributed by atoms with Crippen molar-refractivity contribution in [2.24, 2.45) is 0 Å². The molecule has 0 aromatic carbocycles. The maximum atomic E-state index is 11.6. The molecular formula is C14H24N2O3. The van der Waals surface area contributed by atoms with Gasteiger partial charge in [-0.25, -0.2) is 0 Å². The van der Waals surface area contributed by atoms with Crippen molar-refractivity contribution in [1.82, 2.24) is 10.2 Å². The molecule has 0 heterocycles. The number of aliphatic carboxylic acids is 1. The first-order valence-corrected chi connectivity index (χ1v) is 6.92. The molecule has 0 unspecified atom stereocenters. The van der Waals surface area contributed by atoms with E-state index in [0.29, 0.717) is 12.5 Å². The van der Waals surface area contributed by atoms with Crippen LogP contribution in [0.2, 0.25) is 0 Å². The highest BCUT2D eigenvalue weighted by Gasteiger charge is 2.34. The van der Waals surface area contributed by atoms with Crippen LogP contribution in [0.1, 0.15) is 39.0 Å². The highest BCUT2D eigenvalue weighted by molar-refractivity contribution is 5.76. The van der Waals surface area contributed by atoms with Crippen LogP contribution in [-0.4, -0.2) is 47.1 Å². The first-order chi connectivity index (χ1) is 9.06. The minimum atomic E-state index is -0.793. The lowest BCUT2D eigenvalue weighted by molar-refractivity contribution is -0.139. The van der Waals surface area contributed by atoms with Gasteiger partial charge in [0.05, 0.1) is 6.54 Å². The number of likely N-dealkylation sites (N-methyl/N-ethyl adjacent to an activating group) is 1. The number of hydrogen-bond acceptors (Lipinski definition) is 3. The van der Waals surface area contributed by atoms with Gasteiger partial charge < -0.3 is 10.4 Å². The lowest BCUT2D eigenvalue weighted by Gasteiger charge is -2.42. The Labute approximate surface area is 114 Å². The second-order valence-corrected chi connectivity index (χ2v) is 5.03. The minimum absolute atomic E-state index is 0.0845. The Kier molecular flexibility index (Phi) is 6.56. The molecule has 0 saturated heterocycles. The molecule has 19 heavy (non-hydrogen) atoms. The second-order valence-electron chi connectivity index (χ2n) is 5.03. The van der Waals surface area contributed by atoms with E-state index in [-0.39, 0.29) is 18.5 Å². The van der Waals surface area contributed by atoms with E-state index in [1.807, 2.05) is 17.9 Å². The van der Waals surface area contributed by atoms with Crippen molar-refractivity contribution < 1.29 is 14.7 Å². The Hall–Kier alpha value is -1.36. The number of carboxylic acids is 1. The van der Waals surface area contributed by atoms with Crippen LogP contribution in [-0.2, 0) is 9.59 Å². The lowest BCUT2D eigenvalue weighted by Crippen LogP contribution is -2.54. The van der Waals surface area contributed by atoms with Gasteiger partial charge in [-0.1, -0.05) is 13.0 Å². The van der Waals surface area contributed by atoms with Crippen LogP contribution in [0, 0.1) is 0 Å². The van der Waals surface area contributed by atoms with Gasteiger partial charge >= 0.3 is 5.97 Å². The Morgan fingerprint density at radius 1 is 1.47 bits per heavy atom. The molecule has 1 aliphatic carbocycles. The van der Waals surface area contributed by atoms with Crippen molar-refractivity contribution in [1.29, 1.82) is 0 Å². The van der Waals surface area contributed by atoms with E-state index in [4.69, 9.17) is 5.11 Å². The van der Waals surface area contributed by atoms with Crippen LogP contribution in [0.5, 0.6) is 0 Å². The SMILES string of the molecule is C=CCCCC(=O)NC1CC(N(CC)CC(=O)O)C1. The van der Waals surface area contributed by atoms with Crippen molar-refractivity contribution in [2.45, 2.75) is 51.1 Å². The zero-order chi connectivity index (χ0) is 14.3. The summed E-state index contributed by atoms with van der Waals surface area (Å²) in [6.07, 6.45) is 5.77. The van der Waals surface area contributed by atoms with Gasteiger partial charge in [0.2, 0.25) is 5.91 Å². The number of carboxylic acid groups (broad SMARTS) is 1. The molecule has 0 atom stereocenters. The van der Waals surface area contributed by atoms with Gasteiger partial charge in [0.25, 0.3) is 0 Å². The number of carbonyl (C=O) groups excluding carboxylic acids is 1. The molecule has 5 heteroatoms. The standard InChI is InChI=1S/C14H24N2O3/c1-3-5-6-7-13(17)15-11-8-12(9-11)16(4-2)10-14(18)19/h3,11-12H,1,4-10H2,2H3,(H,15,17)(H,18,19). The van der Waals surface area contributed by atoms with Crippen molar-refractivity contribution in [3.05, 3.63) is 12.7 Å². The molecule has 5 nitrogen and oxygen atoms in total. The summed E-state index contributed by atoms with van der Waals surface area (Å²) in [6.45, 7) is 6.40. The second kappa shape index (κ2) is 7.94. The van der Waals surface area contributed by atoms with Crippen molar-refractivity contribution >= 4 is 11.9 Å². The van der Waals surface area contributed by atoms with Gasteiger partial charge in [-0.15, -0.1) is 6.58 Å². The van der Waals surface area contributed by atoms with Crippen LogP contribution >= 0.6 is 0 Å². The number of hydrogen-bond donors (Lipinski definition) is 2. The van der Waals surface area contributed by atoms with Crippen molar-refractivity contribution in [3.8, 4) is 0 Å². The summed E-state index contributed by atoms with van der Waals surface area (Å²) in [5.41, 5.74) is 0. The molecule has 1 rings (SSSR count). The van der Waals surface area contributed by atoms with E-state index >= 15 is 0 Å². The largest absolute Gasteiger partial charge is 0.480 e. The molecule has 0 aliphatic heterocycles. The Morgan fingerprint density at radius 2 is 2.16 bits per heavy atom.